The topological polar surface area (TPSA) is 69.4 Å². The van der Waals surface area contributed by atoms with Crippen LogP contribution in [0, 0.1) is 16.0 Å². The standard InChI is InChI=1S/C27H43NO4/c1-5-6-7-8-9-10-11-12-13-14-15-16-17-18-19-20-21-22-25(24-28(30)31)23-26(29)32-27(2,3)4/h6-7,9-10,12-13,15-16,18-19,25H,5,8,11,14,17,20-24H2,1-4H3/b7-6+,10-9+,13-12+,16-15+,19-18+. The predicted octanol–water partition coefficient (Wildman–Crippen LogP) is 7.53. The largest absolute Gasteiger partial charge is 0.460 e. The third-order valence-corrected chi connectivity index (χ3v) is 4.42. The van der Waals surface area contributed by atoms with Crippen LogP contribution in [0.3, 0.4) is 0 Å². The van der Waals surface area contributed by atoms with Gasteiger partial charge in [0.2, 0.25) is 6.54 Å². The minimum atomic E-state index is -0.564. The molecule has 0 aromatic heterocycles. The number of nitrogens with zero attached hydrogens (tertiary/aromatic N) is 1. The average Bonchev–Trinajstić information content (AvgIpc) is 2.68. The first-order valence-corrected chi connectivity index (χ1v) is 11.8. The van der Waals surface area contributed by atoms with Crippen LogP contribution in [0.5, 0.6) is 0 Å². The highest BCUT2D eigenvalue weighted by molar-refractivity contribution is 5.70. The highest BCUT2D eigenvalue weighted by atomic mass is 16.6. The Bertz CT molecular complexity index is 651. The quantitative estimate of drug-likeness (QED) is 0.0762. The monoisotopic (exact) mass is 445 g/mol. The van der Waals surface area contributed by atoms with Crippen molar-refractivity contribution in [1.82, 2.24) is 0 Å². The van der Waals surface area contributed by atoms with Crippen molar-refractivity contribution in [2.45, 2.75) is 91.1 Å². The van der Waals surface area contributed by atoms with Crippen LogP contribution in [0.1, 0.15) is 85.5 Å². The van der Waals surface area contributed by atoms with Crippen molar-refractivity contribution in [3.8, 4) is 0 Å². The summed E-state index contributed by atoms with van der Waals surface area (Å²) in [5.74, 6) is -0.637. The van der Waals surface area contributed by atoms with Crippen LogP contribution < -0.4 is 0 Å². The summed E-state index contributed by atoms with van der Waals surface area (Å²) in [5.41, 5.74) is -0.564. The van der Waals surface area contributed by atoms with Gasteiger partial charge in [-0.15, -0.1) is 0 Å². The number of rotatable bonds is 17. The van der Waals surface area contributed by atoms with Crippen molar-refractivity contribution in [2.24, 2.45) is 5.92 Å². The van der Waals surface area contributed by atoms with Crippen LogP contribution in [-0.2, 0) is 9.53 Å². The lowest BCUT2D eigenvalue weighted by atomic mass is 9.98. The lowest BCUT2D eigenvalue weighted by Gasteiger charge is -2.21. The number of hydrogen-bond acceptors (Lipinski definition) is 4. The number of carbonyl (C=O) groups is 1. The smallest absolute Gasteiger partial charge is 0.306 e. The molecule has 0 aliphatic carbocycles. The molecule has 1 unspecified atom stereocenters. The van der Waals surface area contributed by atoms with Crippen molar-refractivity contribution >= 4 is 5.97 Å². The van der Waals surface area contributed by atoms with Gasteiger partial charge in [0.15, 0.2) is 0 Å². The van der Waals surface area contributed by atoms with Crippen molar-refractivity contribution in [3.05, 3.63) is 70.9 Å². The molecule has 5 heteroatoms. The SMILES string of the molecule is CC/C=C/C/C=C/C/C=C/C/C=C/C/C=C/CCCC(CC(=O)OC(C)(C)C)C[N+](=O)[O-]. The Hall–Kier alpha value is -2.43. The molecule has 0 aromatic rings. The Morgan fingerprint density at radius 3 is 1.78 bits per heavy atom. The molecule has 0 N–H and O–H groups in total. The van der Waals surface area contributed by atoms with E-state index in [0.29, 0.717) is 6.42 Å². The molecule has 0 aromatic carbocycles. The molecule has 0 saturated carbocycles. The van der Waals surface area contributed by atoms with E-state index in [9.17, 15) is 14.9 Å². The van der Waals surface area contributed by atoms with Gasteiger partial charge in [0.1, 0.15) is 5.60 Å². The van der Waals surface area contributed by atoms with Gasteiger partial charge >= 0.3 is 5.97 Å². The molecule has 0 saturated heterocycles. The van der Waals surface area contributed by atoms with Gasteiger partial charge in [-0.3, -0.25) is 14.9 Å². The summed E-state index contributed by atoms with van der Waals surface area (Å²) in [5, 5.41) is 10.9. The van der Waals surface area contributed by atoms with Crippen LogP contribution in [0.15, 0.2) is 60.8 Å². The van der Waals surface area contributed by atoms with E-state index in [-0.39, 0.29) is 29.8 Å². The number of unbranched alkanes of at least 4 members (excludes halogenated alkanes) is 1. The maximum absolute atomic E-state index is 12.0. The molecule has 0 fully saturated rings. The van der Waals surface area contributed by atoms with E-state index in [4.69, 9.17) is 4.74 Å². The zero-order valence-electron chi connectivity index (χ0n) is 20.5. The summed E-state index contributed by atoms with van der Waals surface area (Å²) in [7, 11) is 0. The minimum Gasteiger partial charge on any atom is -0.460 e. The van der Waals surface area contributed by atoms with E-state index in [0.717, 1.165) is 44.9 Å². The molecule has 5 nitrogen and oxygen atoms in total. The Labute approximate surface area is 195 Å². The van der Waals surface area contributed by atoms with Crippen LogP contribution in [-0.4, -0.2) is 23.0 Å². The van der Waals surface area contributed by atoms with Crippen LogP contribution in [0.25, 0.3) is 0 Å². The molecule has 0 bridgehead atoms. The molecule has 0 aliphatic heterocycles. The number of allylic oxidation sites excluding steroid dienone is 10. The Morgan fingerprint density at radius 2 is 1.34 bits per heavy atom. The molecule has 32 heavy (non-hydrogen) atoms. The van der Waals surface area contributed by atoms with Gasteiger partial charge in [0.05, 0.1) is 6.42 Å². The second kappa shape index (κ2) is 19.3. The van der Waals surface area contributed by atoms with E-state index >= 15 is 0 Å². The summed E-state index contributed by atoms with van der Waals surface area (Å²) >= 11 is 0. The summed E-state index contributed by atoms with van der Waals surface area (Å²) in [6, 6.07) is 0. The summed E-state index contributed by atoms with van der Waals surface area (Å²) in [6.07, 6.45) is 28.9. The zero-order valence-corrected chi connectivity index (χ0v) is 20.5. The Kier molecular flexibility index (Phi) is 17.8. The third-order valence-electron chi connectivity index (χ3n) is 4.42. The average molecular weight is 446 g/mol. The van der Waals surface area contributed by atoms with Gasteiger partial charge in [-0.2, -0.15) is 0 Å². The first-order valence-electron chi connectivity index (χ1n) is 11.8. The summed E-state index contributed by atoms with van der Waals surface area (Å²) in [6.45, 7) is 7.35. The fourth-order valence-corrected chi connectivity index (χ4v) is 2.98. The Balaban J connectivity index is 3.98. The molecular formula is C27H43NO4. The fourth-order valence-electron chi connectivity index (χ4n) is 2.98. The van der Waals surface area contributed by atoms with Gasteiger partial charge < -0.3 is 4.74 Å². The minimum absolute atomic E-state index is 0.101. The number of ether oxygens (including phenoxy) is 1. The van der Waals surface area contributed by atoms with E-state index in [1.165, 1.54) is 0 Å². The number of carbonyl (C=O) groups excluding carboxylic acids is 1. The molecule has 1 atom stereocenters. The third kappa shape index (κ3) is 22.3. The molecule has 180 valence electrons. The normalized spacial score (nSPS) is 13.9. The highest BCUT2D eigenvalue weighted by Gasteiger charge is 2.23. The van der Waals surface area contributed by atoms with Crippen molar-refractivity contribution in [3.63, 3.8) is 0 Å². The Morgan fingerprint density at radius 1 is 0.875 bits per heavy atom. The van der Waals surface area contributed by atoms with Gasteiger partial charge in [-0.05, 0) is 72.1 Å². The van der Waals surface area contributed by atoms with Crippen molar-refractivity contribution < 1.29 is 14.5 Å². The molecule has 0 radical (unpaired) electrons. The molecular weight excluding hydrogens is 402 g/mol. The lowest BCUT2D eigenvalue weighted by molar-refractivity contribution is -0.488. The van der Waals surface area contributed by atoms with Crippen molar-refractivity contribution in [2.75, 3.05) is 6.54 Å². The first-order chi connectivity index (χ1) is 15.2. The van der Waals surface area contributed by atoms with Gasteiger partial charge in [0.25, 0.3) is 0 Å². The first kappa shape index (κ1) is 29.6. The van der Waals surface area contributed by atoms with Crippen LogP contribution >= 0.6 is 0 Å². The number of esters is 1. The van der Waals surface area contributed by atoms with E-state index < -0.39 is 5.60 Å². The van der Waals surface area contributed by atoms with E-state index in [1.54, 1.807) is 20.8 Å². The second-order valence-electron chi connectivity index (χ2n) is 8.81. The molecule has 0 heterocycles. The number of nitro groups is 1. The van der Waals surface area contributed by atoms with Crippen LogP contribution in [0.4, 0.5) is 0 Å². The van der Waals surface area contributed by atoms with E-state index in [1.807, 2.05) is 0 Å². The molecule has 0 rings (SSSR count). The maximum Gasteiger partial charge on any atom is 0.306 e. The van der Waals surface area contributed by atoms with Crippen LogP contribution in [0.2, 0.25) is 0 Å². The summed E-state index contributed by atoms with van der Waals surface area (Å²) in [4.78, 5) is 22.5. The fraction of sp³-hybridized carbons (Fsp3) is 0.593. The molecule has 0 aliphatic rings. The van der Waals surface area contributed by atoms with Crippen molar-refractivity contribution in [1.29, 1.82) is 0 Å². The lowest BCUT2D eigenvalue weighted by Crippen LogP contribution is -2.27. The zero-order chi connectivity index (χ0) is 24.1. The van der Waals surface area contributed by atoms with Gasteiger partial charge in [0, 0.05) is 10.8 Å². The highest BCUT2D eigenvalue weighted by Crippen LogP contribution is 2.17. The van der Waals surface area contributed by atoms with Gasteiger partial charge in [-0.1, -0.05) is 67.7 Å². The van der Waals surface area contributed by atoms with E-state index in [2.05, 4.69) is 67.7 Å². The second-order valence-corrected chi connectivity index (χ2v) is 8.81. The molecule has 0 amide bonds. The van der Waals surface area contributed by atoms with Gasteiger partial charge in [-0.25, -0.2) is 0 Å². The summed E-state index contributed by atoms with van der Waals surface area (Å²) < 4.78 is 5.29. The molecule has 0 spiro atoms. The maximum atomic E-state index is 12.0. The number of hydrogen-bond donors (Lipinski definition) is 0. The predicted molar refractivity (Wildman–Crippen MR) is 134 cm³/mol.